The van der Waals surface area contributed by atoms with E-state index in [-0.39, 0.29) is 7.92 Å². The van der Waals surface area contributed by atoms with E-state index in [0.717, 1.165) is 16.9 Å². The maximum atomic E-state index is 6.34. The lowest BCUT2D eigenvalue weighted by Gasteiger charge is -2.15. The zero-order valence-corrected chi connectivity index (χ0v) is 18.3. The molecule has 8 heteroatoms. The number of nitrogens with two attached hydrogens (primary N) is 1. The fraction of sp³-hybridized carbons (Fsp3) is 0.190. The first-order valence-electron chi connectivity index (χ1n) is 9.20. The highest BCUT2D eigenvalue weighted by Gasteiger charge is 2.11. The first-order valence-corrected chi connectivity index (χ1v) is 11.8. The molecule has 0 unspecified atom stereocenters. The summed E-state index contributed by atoms with van der Waals surface area (Å²) in [4.78, 5) is 13.1. The number of nitrogens with one attached hydrogen (secondary N) is 2. The standard InChI is InChI=1S/C21H24ClN6P/c1-4-24-12-14-11-15(9-10-17(14)23)26-21-25-13-16(22)20(28-21)27-18-7-5-6-8-19(18)29(2)3/h5-13H,4,23H2,1-3H3,(H2,25,26,27,28). The highest BCUT2D eigenvalue weighted by Crippen LogP contribution is 2.31. The molecule has 0 atom stereocenters. The second kappa shape index (κ2) is 9.68. The van der Waals surface area contributed by atoms with Crippen molar-refractivity contribution in [1.82, 2.24) is 9.97 Å². The van der Waals surface area contributed by atoms with Gasteiger partial charge in [0.2, 0.25) is 5.95 Å². The van der Waals surface area contributed by atoms with Crippen molar-refractivity contribution >= 4 is 59.9 Å². The molecule has 1 aromatic heterocycles. The Morgan fingerprint density at radius 2 is 1.97 bits per heavy atom. The molecule has 0 saturated carbocycles. The molecule has 0 aliphatic carbocycles. The zero-order valence-electron chi connectivity index (χ0n) is 16.6. The third kappa shape index (κ3) is 5.43. The number of hydrogen-bond donors (Lipinski definition) is 3. The summed E-state index contributed by atoms with van der Waals surface area (Å²) in [5.74, 6) is 0.990. The van der Waals surface area contributed by atoms with E-state index in [0.29, 0.717) is 29.0 Å². The van der Waals surface area contributed by atoms with Crippen molar-refractivity contribution in [3.05, 3.63) is 59.2 Å². The summed E-state index contributed by atoms with van der Waals surface area (Å²) in [6, 6.07) is 13.8. The van der Waals surface area contributed by atoms with Gasteiger partial charge in [0.05, 0.1) is 6.20 Å². The van der Waals surface area contributed by atoms with E-state index in [9.17, 15) is 0 Å². The summed E-state index contributed by atoms with van der Waals surface area (Å²) in [5, 5.41) is 8.26. The maximum Gasteiger partial charge on any atom is 0.229 e. The van der Waals surface area contributed by atoms with Crippen LogP contribution in [0.5, 0.6) is 0 Å². The lowest BCUT2D eigenvalue weighted by atomic mass is 10.1. The number of anilines is 5. The Bertz CT molecular complexity index is 1020. The van der Waals surface area contributed by atoms with E-state index in [1.807, 2.05) is 43.3 Å². The highest BCUT2D eigenvalue weighted by atomic mass is 35.5. The molecule has 0 aliphatic heterocycles. The molecule has 0 radical (unpaired) electrons. The molecule has 2 aromatic carbocycles. The average molecular weight is 427 g/mol. The van der Waals surface area contributed by atoms with Crippen molar-refractivity contribution in [3.8, 4) is 0 Å². The van der Waals surface area contributed by atoms with Crippen molar-refractivity contribution in [1.29, 1.82) is 0 Å². The number of aromatic nitrogens is 2. The summed E-state index contributed by atoms with van der Waals surface area (Å²) in [7, 11) is -0.271. The summed E-state index contributed by atoms with van der Waals surface area (Å²) in [5.41, 5.74) is 9.34. The molecule has 150 valence electrons. The Balaban J connectivity index is 1.86. The van der Waals surface area contributed by atoms with Gasteiger partial charge in [-0.15, -0.1) is 0 Å². The number of hydrogen-bond acceptors (Lipinski definition) is 6. The predicted octanol–water partition coefficient (Wildman–Crippen LogP) is 5.01. The van der Waals surface area contributed by atoms with Crippen molar-refractivity contribution in [2.45, 2.75) is 6.92 Å². The molecule has 0 saturated heterocycles. The third-order valence-corrected chi connectivity index (χ3v) is 5.77. The van der Waals surface area contributed by atoms with E-state index >= 15 is 0 Å². The van der Waals surface area contributed by atoms with Gasteiger partial charge in [-0.3, -0.25) is 4.99 Å². The van der Waals surface area contributed by atoms with Crippen molar-refractivity contribution in [3.63, 3.8) is 0 Å². The number of benzene rings is 2. The van der Waals surface area contributed by atoms with Crippen LogP contribution in [0.4, 0.5) is 28.8 Å². The highest BCUT2D eigenvalue weighted by molar-refractivity contribution is 7.64. The molecule has 0 fully saturated rings. The van der Waals surface area contributed by atoms with Gasteiger partial charge in [-0.05, 0) is 49.8 Å². The quantitative estimate of drug-likeness (QED) is 0.281. The molecule has 29 heavy (non-hydrogen) atoms. The minimum Gasteiger partial charge on any atom is -0.398 e. The largest absolute Gasteiger partial charge is 0.398 e. The molecule has 0 aliphatic rings. The van der Waals surface area contributed by atoms with E-state index in [2.05, 4.69) is 45.0 Å². The topological polar surface area (TPSA) is 88.2 Å². The monoisotopic (exact) mass is 426 g/mol. The lowest BCUT2D eigenvalue weighted by molar-refractivity contribution is 1.14. The van der Waals surface area contributed by atoms with Crippen LogP contribution in [0.3, 0.4) is 0 Å². The first-order chi connectivity index (χ1) is 14.0. The van der Waals surface area contributed by atoms with E-state index in [1.165, 1.54) is 5.30 Å². The van der Waals surface area contributed by atoms with Crippen LogP contribution in [0.1, 0.15) is 12.5 Å². The molecular formula is C21H24ClN6P. The summed E-state index contributed by atoms with van der Waals surface area (Å²) in [6.07, 6.45) is 3.35. The second-order valence-electron chi connectivity index (χ2n) is 6.52. The molecule has 3 aromatic rings. The van der Waals surface area contributed by atoms with Crippen LogP contribution in [0.25, 0.3) is 0 Å². The van der Waals surface area contributed by atoms with Gasteiger partial charge in [0, 0.05) is 35.4 Å². The Morgan fingerprint density at radius 1 is 1.17 bits per heavy atom. The van der Waals surface area contributed by atoms with Gasteiger partial charge in [-0.2, -0.15) is 4.98 Å². The van der Waals surface area contributed by atoms with Crippen molar-refractivity contribution < 1.29 is 0 Å². The number of para-hydroxylation sites is 1. The Labute approximate surface area is 177 Å². The third-order valence-electron chi connectivity index (χ3n) is 4.14. The van der Waals surface area contributed by atoms with E-state index in [1.54, 1.807) is 12.4 Å². The average Bonchev–Trinajstić information content (AvgIpc) is 2.71. The number of aliphatic imine (C=N–C) groups is 1. The fourth-order valence-electron chi connectivity index (χ4n) is 2.69. The van der Waals surface area contributed by atoms with Crippen LogP contribution in [0.2, 0.25) is 5.02 Å². The van der Waals surface area contributed by atoms with Crippen LogP contribution in [-0.4, -0.2) is 36.1 Å². The van der Waals surface area contributed by atoms with Crippen LogP contribution in [0, 0.1) is 0 Å². The van der Waals surface area contributed by atoms with Gasteiger partial charge in [-0.25, -0.2) is 4.98 Å². The predicted molar refractivity (Wildman–Crippen MR) is 127 cm³/mol. The van der Waals surface area contributed by atoms with Gasteiger partial charge in [0.15, 0.2) is 5.82 Å². The van der Waals surface area contributed by atoms with Crippen molar-refractivity contribution in [2.75, 3.05) is 36.2 Å². The fourth-order valence-corrected chi connectivity index (χ4v) is 3.83. The van der Waals surface area contributed by atoms with Crippen LogP contribution in [0.15, 0.2) is 53.7 Å². The minimum atomic E-state index is -0.271. The Morgan fingerprint density at radius 3 is 2.72 bits per heavy atom. The summed E-state index contributed by atoms with van der Waals surface area (Å²) in [6.45, 7) is 7.10. The zero-order chi connectivity index (χ0) is 20.8. The molecule has 0 amide bonds. The normalized spacial score (nSPS) is 11.2. The van der Waals surface area contributed by atoms with Crippen molar-refractivity contribution in [2.24, 2.45) is 4.99 Å². The smallest absolute Gasteiger partial charge is 0.229 e. The van der Waals surface area contributed by atoms with Crippen LogP contribution < -0.4 is 21.7 Å². The number of halogens is 1. The lowest BCUT2D eigenvalue weighted by Crippen LogP contribution is -2.09. The molecule has 4 N–H and O–H groups in total. The molecule has 0 spiro atoms. The van der Waals surface area contributed by atoms with Gasteiger partial charge >= 0.3 is 0 Å². The van der Waals surface area contributed by atoms with E-state index < -0.39 is 0 Å². The molecule has 1 heterocycles. The van der Waals surface area contributed by atoms with Gasteiger partial charge in [-0.1, -0.05) is 37.7 Å². The van der Waals surface area contributed by atoms with Gasteiger partial charge in [0.25, 0.3) is 0 Å². The number of nitrogen functional groups attached to an aromatic ring is 1. The summed E-state index contributed by atoms with van der Waals surface area (Å²) >= 11 is 6.34. The molecular weight excluding hydrogens is 403 g/mol. The van der Waals surface area contributed by atoms with Crippen LogP contribution >= 0.6 is 19.5 Å². The van der Waals surface area contributed by atoms with E-state index in [4.69, 9.17) is 17.3 Å². The summed E-state index contributed by atoms with van der Waals surface area (Å²) < 4.78 is 0. The first kappa shape index (κ1) is 21.0. The minimum absolute atomic E-state index is 0.271. The second-order valence-corrected chi connectivity index (χ2v) is 9.20. The van der Waals surface area contributed by atoms with Gasteiger partial charge < -0.3 is 16.4 Å². The Hall–Kier alpha value is -2.69. The number of rotatable bonds is 7. The number of nitrogens with zero attached hydrogens (tertiary/aromatic N) is 3. The maximum absolute atomic E-state index is 6.34. The SMILES string of the molecule is CCN=Cc1cc(Nc2ncc(Cl)c(Nc3ccccc3P(C)C)n2)ccc1N. The van der Waals surface area contributed by atoms with Crippen LogP contribution in [-0.2, 0) is 0 Å². The molecule has 3 rings (SSSR count). The van der Waals surface area contributed by atoms with Gasteiger partial charge in [0.1, 0.15) is 5.02 Å². The molecule has 0 bridgehead atoms. The molecule has 6 nitrogen and oxygen atoms in total. The Kier molecular flexibility index (Phi) is 7.02.